The highest BCUT2D eigenvalue weighted by atomic mass is 35.5. The van der Waals surface area contributed by atoms with E-state index in [1.165, 1.54) is 24.3 Å². The van der Waals surface area contributed by atoms with E-state index < -0.39 is 35.1 Å². The van der Waals surface area contributed by atoms with Gasteiger partial charge in [-0.25, -0.2) is 0 Å². The molecule has 3 atom stereocenters. The average Bonchev–Trinajstić information content (AvgIpc) is 2.43. The lowest BCUT2D eigenvalue weighted by Gasteiger charge is -2.22. The number of aliphatic hydroxyl groups excluding tert-OH is 3. The third kappa shape index (κ3) is 4.14. The van der Waals surface area contributed by atoms with E-state index in [2.05, 4.69) is 5.32 Å². The zero-order valence-corrected chi connectivity index (χ0v) is 10.9. The number of rotatable bonds is 6. The number of carbonyl (C=O) groups excluding carboxylic acids is 1. The van der Waals surface area contributed by atoms with Crippen molar-refractivity contribution in [3.63, 3.8) is 0 Å². The molecule has 1 unspecified atom stereocenters. The van der Waals surface area contributed by atoms with Gasteiger partial charge in [0.05, 0.1) is 17.6 Å². The van der Waals surface area contributed by atoms with Crippen LogP contribution in [0.2, 0.25) is 0 Å². The minimum absolute atomic E-state index is 0.151. The van der Waals surface area contributed by atoms with E-state index in [4.69, 9.17) is 21.8 Å². The number of aliphatic hydroxyl groups is 3. The topological polar surface area (TPSA) is 133 Å². The van der Waals surface area contributed by atoms with Crippen molar-refractivity contribution in [2.24, 2.45) is 0 Å². The number of nitro benzene ring substituents is 1. The molecule has 8 nitrogen and oxygen atoms in total. The van der Waals surface area contributed by atoms with Crippen LogP contribution in [0.15, 0.2) is 24.3 Å². The predicted molar refractivity (Wildman–Crippen MR) is 68.9 cm³/mol. The molecule has 1 aromatic carbocycles. The third-order valence-electron chi connectivity index (χ3n) is 2.57. The van der Waals surface area contributed by atoms with Gasteiger partial charge in [-0.1, -0.05) is 11.6 Å². The molecular formula is C11H13ClN2O6. The monoisotopic (exact) mass is 304 g/mol. The number of nitrogens with one attached hydrogen (secondary N) is 1. The number of non-ortho nitro benzene ring substituents is 1. The smallest absolute Gasteiger partial charge is 0.269 e. The quantitative estimate of drug-likeness (QED) is 0.323. The van der Waals surface area contributed by atoms with Crippen LogP contribution >= 0.6 is 11.6 Å². The number of carbonyl (C=O) groups is 1. The lowest BCUT2D eigenvalue weighted by Crippen LogP contribution is -2.45. The van der Waals surface area contributed by atoms with Gasteiger partial charge in [0.25, 0.3) is 11.6 Å². The van der Waals surface area contributed by atoms with Crippen LogP contribution in [0.25, 0.3) is 0 Å². The highest BCUT2D eigenvalue weighted by molar-refractivity contribution is 6.29. The van der Waals surface area contributed by atoms with Gasteiger partial charge < -0.3 is 20.6 Å². The van der Waals surface area contributed by atoms with Gasteiger partial charge in [0.15, 0.2) is 0 Å². The lowest BCUT2D eigenvalue weighted by molar-refractivity contribution is -0.384. The first-order valence-corrected chi connectivity index (χ1v) is 5.96. The van der Waals surface area contributed by atoms with E-state index in [1.54, 1.807) is 0 Å². The molecule has 110 valence electrons. The number of nitro groups is 1. The first-order chi connectivity index (χ1) is 9.36. The van der Waals surface area contributed by atoms with Crippen LogP contribution in [-0.4, -0.2) is 44.4 Å². The predicted octanol–water partition coefficient (Wildman–Crippen LogP) is -0.338. The van der Waals surface area contributed by atoms with Crippen molar-refractivity contribution in [3.8, 4) is 0 Å². The molecule has 20 heavy (non-hydrogen) atoms. The molecule has 0 spiro atoms. The van der Waals surface area contributed by atoms with E-state index in [9.17, 15) is 20.0 Å². The number of amides is 1. The molecular weight excluding hydrogens is 292 g/mol. The minimum atomic E-state index is -1.80. The van der Waals surface area contributed by atoms with Crippen molar-refractivity contribution in [2.75, 3.05) is 6.61 Å². The number of hydrogen-bond acceptors (Lipinski definition) is 6. The van der Waals surface area contributed by atoms with Crippen molar-refractivity contribution >= 4 is 23.2 Å². The van der Waals surface area contributed by atoms with Gasteiger partial charge in [0, 0.05) is 12.1 Å². The number of alkyl halides is 1. The summed E-state index contributed by atoms with van der Waals surface area (Å²) in [5.41, 5.74) is -1.69. The molecule has 0 aliphatic heterocycles. The van der Waals surface area contributed by atoms with Crippen molar-refractivity contribution in [3.05, 3.63) is 39.9 Å². The van der Waals surface area contributed by atoms with Crippen molar-refractivity contribution in [1.82, 2.24) is 5.32 Å². The molecule has 0 aliphatic rings. The third-order valence-corrected chi connectivity index (χ3v) is 2.77. The molecule has 9 heteroatoms. The summed E-state index contributed by atoms with van der Waals surface area (Å²) in [4.78, 5) is 21.1. The highest BCUT2D eigenvalue weighted by Crippen LogP contribution is 2.20. The standard InChI is InChI=1S/C11H13ClN2O6/c12-10(17)11(18)13-8(5-15)9(16)6-1-3-7(4-2-6)14(19)20/h1-4,8-10,15-17H,5H2,(H,13,18)/t8-,9-,10?/m1/s1. The summed E-state index contributed by atoms with van der Waals surface area (Å²) in [6.07, 6.45) is -1.31. The van der Waals surface area contributed by atoms with E-state index in [1.807, 2.05) is 0 Å². The molecule has 0 bridgehead atoms. The fourth-order valence-corrected chi connectivity index (χ4v) is 1.56. The van der Waals surface area contributed by atoms with Gasteiger partial charge in [-0.3, -0.25) is 14.9 Å². The average molecular weight is 305 g/mol. The molecule has 0 heterocycles. The lowest BCUT2D eigenvalue weighted by atomic mass is 10.0. The van der Waals surface area contributed by atoms with Gasteiger partial charge in [0.2, 0.25) is 5.56 Å². The maximum absolute atomic E-state index is 11.2. The Morgan fingerprint density at radius 1 is 1.35 bits per heavy atom. The van der Waals surface area contributed by atoms with Crippen LogP contribution in [0.3, 0.4) is 0 Å². The SMILES string of the molecule is O=C(N[C@H](CO)[C@H](O)c1ccc([N+](=O)[O-])cc1)C(O)Cl. The normalized spacial score (nSPS) is 15.2. The summed E-state index contributed by atoms with van der Waals surface area (Å²) in [6.45, 7) is -0.604. The van der Waals surface area contributed by atoms with Gasteiger partial charge in [-0.2, -0.15) is 0 Å². The molecule has 1 rings (SSSR count). The maximum atomic E-state index is 11.2. The molecule has 0 aromatic heterocycles. The van der Waals surface area contributed by atoms with Crippen LogP contribution < -0.4 is 5.32 Å². The van der Waals surface area contributed by atoms with Crippen molar-refractivity contribution in [1.29, 1.82) is 0 Å². The van der Waals surface area contributed by atoms with E-state index >= 15 is 0 Å². The highest BCUT2D eigenvalue weighted by Gasteiger charge is 2.24. The number of hydrogen-bond donors (Lipinski definition) is 4. The second-order valence-corrected chi connectivity index (χ2v) is 4.34. The Hall–Kier alpha value is -1.74. The van der Waals surface area contributed by atoms with Crippen LogP contribution in [0.1, 0.15) is 11.7 Å². The summed E-state index contributed by atoms with van der Waals surface area (Å²) in [7, 11) is 0. The molecule has 0 aliphatic carbocycles. The first kappa shape index (κ1) is 16.3. The van der Waals surface area contributed by atoms with Crippen LogP contribution in [0.4, 0.5) is 5.69 Å². The fraction of sp³-hybridized carbons (Fsp3) is 0.364. The van der Waals surface area contributed by atoms with Gasteiger partial charge in [0.1, 0.15) is 6.10 Å². The Bertz CT molecular complexity index is 478. The molecule has 4 N–H and O–H groups in total. The van der Waals surface area contributed by atoms with Crippen molar-refractivity contribution < 1.29 is 25.0 Å². The Morgan fingerprint density at radius 3 is 2.30 bits per heavy atom. The Morgan fingerprint density at radius 2 is 1.90 bits per heavy atom. The van der Waals surface area contributed by atoms with Crippen molar-refractivity contribution in [2.45, 2.75) is 17.7 Å². The molecule has 1 aromatic rings. The Balaban J connectivity index is 2.82. The minimum Gasteiger partial charge on any atom is -0.394 e. The number of halogens is 1. The summed E-state index contributed by atoms with van der Waals surface area (Å²) in [6, 6.07) is 3.87. The number of nitrogens with zero attached hydrogens (tertiary/aromatic N) is 1. The van der Waals surface area contributed by atoms with Gasteiger partial charge in [-0.15, -0.1) is 0 Å². The molecule has 0 saturated heterocycles. The van der Waals surface area contributed by atoms with Crippen LogP contribution in [0, 0.1) is 10.1 Å². The summed E-state index contributed by atoms with van der Waals surface area (Å²) in [5.74, 6) is -0.966. The Kier molecular flexibility index (Phi) is 5.83. The second-order valence-electron chi connectivity index (χ2n) is 3.93. The second kappa shape index (κ2) is 7.15. The maximum Gasteiger partial charge on any atom is 0.269 e. The first-order valence-electron chi connectivity index (χ1n) is 5.52. The largest absolute Gasteiger partial charge is 0.394 e. The van der Waals surface area contributed by atoms with Crippen LogP contribution in [-0.2, 0) is 4.79 Å². The van der Waals surface area contributed by atoms with E-state index in [0.29, 0.717) is 0 Å². The number of benzene rings is 1. The van der Waals surface area contributed by atoms with E-state index in [-0.39, 0.29) is 11.3 Å². The Labute approximate surface area is 118 Å². The van der Waals surface area contributed by atoms with Gasteiger partial charge >= 0.3 is 0 Å². The molecule has 0 radical (unpaired) electrons. The summed E-state index contributed by atoms with van der Waals surface area (Å²) >= 11 is 5.14. The molecule has 0 fully saturated rings. The molecule has 0 saturated carbocycles. The van der Waals surface area contributed by atoms with Gasteiger partial charge in [-0.05, 0) is 17.7 Å². The zero-order valence-electron chi connectivity index (χ0n) is 10.1. The molecule has 1 amide bonds. The fourth-order valence-electron chi connectivity index (χ4n) is 1.50. The zero-order chi connectivity index (χ0) is 15.3. The van der Waals surface area contributed by atoms with E-state index in [0.717, 1.165) is 0 Å². The van der Waals surface area contributed by atoms with Crippen LogP contribution in [0.5, 0.6) is 0 Å². The summed E-state index contributed by atoms with van der Waals surface area (Å²) < 4.78 is 0. The summed E-state index contributed by atoms with van der Waals surface area (Å²) in [5, 5.41) is 40.6.